The fraction of sp³-hybridized carbons (Fsp3) is 0.536. The Balaban J connectivity index is 0.000000316. The monoisotopic (exact) mass is 1870 g/mol. The molecule has 0 heterocycles. The van der Waals surface area contributed by atoms with Crippen LogP contribution in [0.3, 0.4) is 0 Å². The van der Waals surface area contributed by atoms with E-state index < -0.39 is 93.4 Å². The summed E-state index contributed by atoms with van der Waals surface area (Å²) in [5.74, 6) is -13.7. The molecular weight excluding hydrogens is 1720 g/mol. The summed E-state index contributed by atoms with van der Waals surface area (Å²) in [4.78, 5) is 49.5. The van der Waals surface area contributed by atoms with Crippen molar-refractivity contribution in [3.8, 4) is 57.5 Å². The van der Waals surface area contributed by atoms with Gasteiger partial charge >= 0.3 is 23.9 Å². The fourth-order valence-corrected chi connectivity index (χ4v) is 14.4. The molecule has 0 aliphatic heterocycles. The molecule has 8 aromatic rings. The van der Waals surface area contributed by atoms with Crippen LogP contribution in [0.2, 0.25) is 0 Å². The molecule has 8 rings (SSSR count). The van der Waals surface area contributed by atoms with Crippen LogP contribution in [0.5, 0.6) is 57.5 Å². The third-order valence-corrected chi connectivity index (χ3v) is 22.6. The number of rotatable bonds is 66. The van der Waals surface area contributed by atoms with E-state index in [2.05, 4.69) is 55.4 Å². The van der Waals surface area contributed by atoms with Gasteiger partial charge in [0, 0.05) is 0 Å². The van der Waals surface area contributed by atoms with Crippen molar-refractivity contribution in [3.63, 3.8) is 0 Å². The summed E-state index contributed by atoms with van der Waals surface area (Å²) in [6.45, 7) is 19.8. The van der Waals surface area contributed by atoms with E-state index in [1.54, 1.807) is 60.7 Å². The summed E-state index contributed by atoms with van der Waals surface area (Å²) in [7, 11) is 0. The highest BCUT2D eigenvalue weighted by molar-refractivity contribution is 5.93. The number of carbonyl (C=O) groups is 4. The lowest BCUT2D eigenvalue weighted by Gasteiger charge is -2.11. The summed E-state index contributed by atoms with van der Waals surface area (Å²) in [6, 6.07) is 37.1. The molecule has 0 aliphatic carbocycles. The second kappa shape index (κ2) is 71.4. The number of carbonyl (C=O) groups excluding carboxylic acids is 4. The summed E-state index contributed by atoms with van der Waals surface area (Å²) < 4.78 is 168. The Morgan fingerprint density at radius 3 is 0.545 bits per heavy atom. The van der Waals surface area contributed by atoms with Gasteiger partial charge in [0.15, 0.2) is 46.0 Å². The molecule has 14 nitrogen and oxygen atoms in total. The Hall–Kier alpha value is -10.1. The van der Waals surface area contributed by atoms with E-state index in [1.807, 2.05) is 24.3 Å². The second-order valence-electron chi connectivity index (χ2n) is 34.1. The minimum absolute atomic E-state index is 0.164. The highest BCUT2D eigenvalue weighted by Gasteiger charge is 2.25. The van der Waals surface area contributed by atoms with E-state index in [9.17, 15) is 54.3 Å². The summed E-state index contributed by atoms with van der Waals surface area (Å²) in [5.41, 5.74) is 3.35. The maximum atomic E-state index is 14.4. The molecule has 0 atom stereocenters. The average Bonchev–Trinajstić information content (AvgIpc) is 0.837. The largest absolute Gasteiger partial charge is 0.494 e. The highest BCUT2D eigenvalue weighted by atomic mass is 19.2. The Labute approximate surface area is 794 Å². The molecule has 740 valence electrons. The quantitative estimate of drug-likeness (QED) is 0.0153. The van der Waals surface area contributed by atoms with Gasteiger partial charge in [0.25, 0.3) is 0 Å². The standard InChI is InChI=1S/C30H42F2O3.C29H40F2O3.C27H36F2O4.C26H34F2O4/c1-3-5-7-9-10-11-12-14-16-24-17-19-25(20-18-24)30(33)35-27-22-21-26(28(31)29(27)32)34-23-15-13-8-6-4-2;1-3-5-7-9-10-11-13-15-23-16-18-24(19-17-23)29(32)34-26-21-20-25(27(30)28(26)31)33-22-14-12-8-6-4-2;1-3-5-7-9-11-19-31-22-15-13-21(14-16-22)27(30)33-24-18-17-23(25(28)26(24)29)32-20-12-10-8-6-4-2;1-3-5-7-9-11-19-31-22-16-17-23(25(28)24(22)27)32-26(29)20-12-14-21(15-13-20)30-18-10-8-6-4-2/h17-22H,3-16,23H2,1-2H3;16-21H,3-15,22H2,1-2H3;13-18H,3-12,19-20H2,1-2H3;12-17H,3-11,18-19H2,1-2H3. The van der Waals surface area contributed by atoms with Crippen LogP contribution in [0.15, 0.2) is 146 Å². The van der Waals surface area contributed by atoms with E-state index >= 15 is 0 Å². The molecule has 0 spiro atoms. The zero-order valence-electron chi connectivity index (χ0n) is 81.4. The van der Waals surface area contributed by atoms with Gasteiger partial charge in [0.2, 0.25) is 46.5 Å². The zero-order chi connectivity index (χ0) is 97.0. The third kappa shape index (κ3) is 46.4. The number of ether oxygens (including phenoxy) is 10. The molecular formula is C112H152F8O14. The maximum absolute atomic E-state index is 14.4. The molecule has 8 aromatic carbocycles. The zero-order valence-corrected chi connectivity index (χ0v) is 81.4. The molecule has 0 amide bonds. The van der Waals surface area contributed by atoms with Crippen molar-refractivity contribution in [2.24, 2.45) is 0 Å². The molecule has 0 aliphatic rings. The van der Waals surface area contributed by atoms with Crippen LogP contribution in [0.1, 0.15) is 390 Å². The number of hydrogen-bond donors (Lipinski definition) is 0. The van der Waals surface area contributed by atoms with Crippen LogP contribution < -0.4 is 47.4 Å². The molecule has 0 unspecified atom stereocenters. The average molecular weight is 1870 g/mol. The number of esters is 4. The first-order valence-corrected chi connectivity index (χ1v) is 50.2. The molecule has 0 radical (unpaired) electrons. The van der Waals surface area contributed by atoms with Gasteiger partial charge in [0.1, 0.15) is 11.5 Å². The fourth-order valence-electron chi connectivity index (χ4n) is 14.4. The van der Waals surface area contributed by atoms with Gasteiger partial charge in [-0.2, -0.15) is 35.1 Å². The molecule has 0 N–H and O–H groups in total. The number of unbranched alkanes of at least 4 members (excludes halogenated alkanes) is 36. The Morgan fingerprint density at radius 1 is 0.179 bits per heavy atom. The van der Waals surface area contributed by atoms with E-state index in [1.165, 1.54) is 170 Å². The van der Waals surface area contributed by atoms with Crippen LogP contribution >= 0.6 is 0 Å². The van der Waals surface area contributed by atoms with Crippen LogP contribution in [0.25, 0.3) is 0 Å². The summed E-state index contributed by atoms with van der Waals surface area (Å²) >= 11 is 0. The first kappa shape index (κ1) is 114. The highest BCUT2D eigenvalue weighted by Crippen LogP contribution is 2.34. The Bertz CT molecular complexity index is 4510. The first-order chi connectivity index (χ1) is 65.2. The van der Waals surface area contributed by atoms with Crippen molar-refractivity contribution in [2.75, 3.05) is 39.6 Å². The van der Waals surface area contributed by atoms with Crippen LogP contribution in [-0.2, 0) is 12.8 Å². The molecule has 134 heavy (non-hydrogen) atoms. The van der Waals surface area contributed by atoms with Crippen LogP contribution in [0, 0.1) is 46.5 Å². The third-order valence-electron chi connectivity index (χ3n) is 22.6. The molecule has 0 fully saturated rings. The van der Waals surface area contributed by atoms with E-state index in [-0.39, 0.29) is 34.1 Å². The van der Waals surface area contributed by atoms with Gasteiger partial charge in [-0.3, -0.25) is 0 Å². The molecule has 0 bridgehead atoms. The Kier molecular flexibility index (Phi) is 61.0. The van der Waals surface area contributed by atoms with E-state index in [0.717, 1.165) is 197 Å². The van der Waals surface area contributed by atoms with Crippen molar-refractivity contribution in [3.05, 3.63) is 226 Å². The second-order valence-corrected chi connectivity index (χ2v) is 34.1. The van der Waals surface area contributed by atoms with Crippen LogP contribution in [0.4, 0.5) is 35.1 Å². The smallest absolute Gasteiger partial charge is 0.343 e. The minimum Gasteiger partial charge on any atom is -0.494 e. The molecule has 0 aromatic heterocycles. The van der Waals surface area contributed by atoms with Gasteiger partial charge in [-0.25, -0.2) is 19.2 Å². The topological polar surface area (TPSA) is 161 Å². The van der Waals surface area contributed by atoms with Crippen LogP contribution in [-0.4, -0.2) is 63.5 Å². The Morgan fingerprint density at radius 2 is 0.336 bits per heavy atom. The lowest BCUT2D eigenvalue weighted by molar-refractivity contribution is 0.0717. The van der Waals surface area contributed by atoms with Gasteiger partial charge < -0.3 is 47.4 Å². The molecule has 22 heteroatoms. The van der Waals surface area contributed by atoms with Crippen molar-refractivity contribution >= 4 is 23.9 Å². The lowest BCUT2D eigenvalue weighted by atomic mass is 10.0. The molecule has 0 saturated carbocycles. The van der Waals surface area contributed by atoms with E-state index in [4.69, 9.17) is 47.4 Å². The normalized spacial score (nSPS) is 10.9. The number of benzene rings is 8. The molecule has 0 saturated heterocycles. The predicted molar refractivity (Wildman–Crippen MR) is 520 cm³/mol. The van der Waals surface area contributed by atoms with Gasteiger partial charge in [-0.05, 0) is 197 Å². The lowest BCUT2D eigenvalue weighted by Crippen LogP contribution is -2.10. The van der Waals surface area contributed by atoms with Crippen molar-refractivity contribution < 1.29 is 102 Å². The minimum atomic E-state index is -1.24. The maximum Gasteiger partial charge on any atom is 0.343 e. The SMILES string of the molecule is CCCCCCCCCCc1ccc(C(=O)Oc2ccc(OCCCCCCC)c(F)c2F)cc1.CCCCCCCCCc1ccc(C(=O)Oc2ccc(OCCCCCCC)c(F)c2F)cc1.CCCCCCCOc1ccc(C(=O)Oc2ccc(OCCCCCCC)c(F)c2F)cc1.CCCCCCCOc1ccc(OC(=O)c2ccc(OCCCCCC)cc2)c(F)c1F. The number of halogens is 8. The summed E-state index contributed by atoms with van der Waals surface area (Å²) in [6.07, 6.45) is 51.6. The van der Waals surface area contributed by atoms with Gasteiger partial charge in [-0.1, -0.05) is 311 Å². The summed E-state index contributed by atoms with van der Waals surface area (Å²) in [5, 5.41) is 0. The van der Waals surface area contributed by atoms with Gasteiger partial charge in [0.05, 0.1) is 61.9 Å². The number of hydrogen-bond acceptors (Lipinski definition) is 14. The van der Waals surface area contributed by atoms with Crippen molar-refractivity contribution in [2.45, 2.75) is 351 Å². The van der Waals surface area contributed by atoms with E-state index in [0.29, 0.717) is 62.3 Å². The van der Waals surface area contributed by atoms with Crippen molar-refractivity contribution in [1.29, 1.82) is 0 Å². The van der Waals surface area contributed by atoms with Crippen molar-refractivity contribution in [1.82, 2.24) is 0 Å². The number of aryl methyl sites for hydroxylation is 2. The predicted octanol–water partition coefficient (Wildman–Crippen LogP) is 33.4. The van der Waals surface area contributed by atoms with Gasteiger partial charge in [-0.15, -0.1) is 0 Å². The first-order valence-electron chi connectivity index (χ1n) is 50.2.